The average Bonchev–Trinajstić information content (AvgIpc) is 2.95. The lowest BCUT2D eigenvalue weighted by Crippen LogP contribution is -2.18. The maximum atomic E-state index is 13.0. The Morgan fingerprint density at radius 3 is 2.77 bits per heavy atom. The van der Waals surface area contributed by atoms with Crippen molar-refractivity contribution in [3.63, 3.8) is 0 Å². The highest BCUT2D eigenvalue weighted by molar-refractivity contribution is 7.99. The molecule has 0 aliphatic heterocycles. The van der Waals surface area contributed by atoms with Gasteiger partial charge in [0.05, 0.1) is 17.0 Å². The van der Waals surface area contributed by atoms with E-state index in [0.29, 0.717) is 17.5 Å². The first-order valence-corrected chi connectivity index (χ1v) is 8.46. The van der Waals surface area contributed by atoms with Gasteiger partial charge in [-0.1, -0.05) is 30.0 Å². The molecular weight excluding hydrogens is 369 g/mol. The highest BCUT2D eigenvalue weighted by Crippen LogP contribution is 2.34. The molecule has 10 heteroatoms. The first-order chi connectivity index (χ1) is 12.4. The van der Waals surface area contributed by atoms with Crippen molar-refractivity contribution in [3.8, 4) is 0 Å². The van der Waals surface area contributed by atoms with E-state index in [9.17, 15) is 18.0 Å². The van der Waals surface area contributed by atoms with Crippen LogP contribution in [0.25, 0.3) is 0 Å². The minimum absolute atomic E-state index is 0.117. The number of rotatable bonds is 8. The third kappa shape index (κ3) is 5.09. The van der Waals surface area contributed by atoms with Gasteiger partial charge >= 0.3 is 6.18 Å². The molecule has 26 heavy (non-hydrogen) atoms. The Labute approximate surface area is 152 Å². The van der Waals surface area contributed by atoms with Gasteiger partial charge in [-0.2, -0.15) is 13.2 Å². The molecule has 0 atom stereocenters. The third-order valence-electron chi connectivity index (χ3n) is 3.22. The second-order valence-corrected chi connectivity index (χ2v) is 6.05. The molecule has 0 unspecified atom stereocenters. The third-order valence-corrected chi connectivity index (χ3v) is 4.18. The van der Waals surface area contributed by atoms with Crippen LogP contribution in [0.5, 0.6) is 0 Å². The normalized spacial score (nSPS) is 11.4. The second-order valence-electron chi connectivity index (χ2n) is 5.11. The van der Waals surface area contributed by atoms with Crippen molar-refractivity contribution in [1.82, 2.24) is 14.8 Å². The number of aromatic nitrogens is 3. The number of nitrogens with one attached hydrogen (secondary N) is 1. The van der Waals surface area contributed by atoms with Crippen LogP contribution in [0.1, 0.15) is 11.4 Å². The summed E-state index contributed by atoms with van der Waals surface area (Å²) in [6.45, 7) is 4.32. The molecule has 6 nitrogen and oxygen atoms in total. The van der Waals surface area contributed by atoms with Crippen molar-refractivity contribution in [2.24, 2.45) is 0 Å². The summed E-state index contributed by atoms with van der Waals surface area (Å²) in [6.07, 6.45) is -2.90. The molecule has 0 bridgehead atoms. The van der Waals surface area contributed by atoms with Gasteiger partial charge in [0.25, 0.3) is 0 Å². The molecule has 0 aliphatic carbocycles. The monoisotopic (exact) mass is 386 g/mol. The number of hydrogen-bond donors (Lipinski definition) is 1. The van der Waals surface area contributed by atoms with Crippen LogP contribution < -0.4 is 5.32 Å². The standard InChI is InChI=1S/C16H17F3N4O2S/c1-3-8-23-13(9-25-2)21-22-15(23)26-10-14(24)20-12-7-5-4-6-11(12)16(17,18)19/h3-7H,1,8-10H2,2H3,(H,20,24). The van der Waals surface area contributed by atoms with E-state index in [0.717, 1.165) is 17.8 Å². The number of amides is 1. The van der Waals surface area contributed by atoms with Crippen molar-refractivity contribution in [3.05, 3.63) is 48.3 Å². The van der Waals surface area contributed by atoms with Crippen molar-refractivity contribution >= 4 is 23.4 Å². The van der Waals surface area contributed by atoms with Gasteiger partial charge in [-0.3, -0.25) is 4.79 Å². The predicted octanol–water partition coefficient (Wildman–Crippen LogP) is 3.36. The molecule has 2 rings (SSSR count). The van der Waals surface area contributed by atoms with E-state index in [2.05, 4.69) is 22.1 Å². The zero-order valence-electron chi connectivity index (χ0n) is 13.9. The van der Waals surface area contributed by atoms with Gasteiger partial charge in [-0.15, -0.1) is 16.8 Å². The molecule has 0 aliphatic rings. The lowest BCUT2D eigenvalue weighted by Gasteiger charge is -2.13. The zero-order valence-corrected chi connectivity index (χ0v) is 14.7. The van der Waals surface area contributed by atoms with Gasteiger partial charge in [0, 0.05) is 13.7 Å². The van der Waals surface area contributed by atoms with E-state index in [1.165, 1.54) is 25.3 Å². The van der Waals surface area contributed by atoms with Crippen LogP contribution in [-0.4, -0.2) is 33.5 Å². The minimum atomic E-state index is -4.55. The summed E-state index contributed by atoms with van der Waals surface area (Å²) in [5.41, 5.74) is -1.17. The smallest absolute Gasteiger partial charge is 0.377 e. The summed E-state index contributed by atoms with van der Waals surface area (Å²) < 4.78 is 45.6. The van der Waals surface area contributed by atoms with Gasteiger partial charge in [-0.25, -0.2) is 0 Å². The summed E-state index contributed by atoms with van der Waals surface area (Å²) in [7, 11) is 1.52. The molecular formula is C16H17F3N4O2S. The largest absolute Gasteiger partial charge is 0.418 e. The van der Waals surface area contributed by atoms with Crippen molar-refractivity contribution in [2.75, 3.05) is 18.2 Å². The second kappa shape index (κ2) is 8.86. The van der Waals surface area contributed by atoms with Crippen molar-refractivity contribution < 1.29 is 22.7 Å². The number of thioether (sulfide) groups is 1. The Morgan fingerprint density at radius 2 is 2.12 bits per heavy atom. The molecule has 0 saturated heterocycles. The Morgan fingerprint density at radius 1 is 1.38 bits per heavy atom. The summed E-state index contributed by atoms with van der Waals surface area (Å²) in [4.78, 5) is 12.1. The van der Waals surface area contributed by atoms with Crippen LogP contribution in [0.4, 0.5) is 18.9 Å². The molecule has 2 aromatic rings. The molecule has 0 radical (unpaired) electrons. The lowest BCUT2D eigenvalue weighted by atomic mass is 10.1. The number of alkyl halides is 3. The van der Waals surface area contributed by atoms with Crippen molar-refractivity contribution in [2.45, 2.75) is 24.5 Å². The summed E-state index contributed by atoms with van der Waals surface area (Å²) >= 11 is 1.07. The number of benzene rings is 1. The zero-order chi connectivity index (χ0) is 19.2. The SMILES string of the molecule is C=CCn1c(COC)nnc1SCC(=O)Nc1ccccc1C(F)(F)F. The van der Waals surface area contributed by atoms with E-state index in [4.69, 9.17) is 4.74 Å². The van der Waals surface area contributed by atoms with Crippen LogP contribution >= 0.6 is 11.8 Å². The first kappa shape index (κ1) is 20.0. The van der Waals surface area contributed by atoms with Crippen molar-refractivity contribution in [1.29, 1.82) is 0 Å². The fraction of sp³-hybridized carbons (Fsp3) is 0.312. The highest BCUT2D eigenvalue weighted by atomic mass is 32.2. The Kier molecular flexibility index (Phi) is 6.81. The number of carbonyl (C=O) groups excluding carboxylic acids is 1. The number of methoxy groups -OCH3 is 1. The van der Waals surface area contributed by atoms with Crippen LogP contribution in [0, 0.1) is 0 Å². The molecule has 1 aromatic carbocycles. The Balaban J connectivity index is 2.05. The highest BCUT2D eigenvalue weighted by Gasteiger charge is 2.33. The summed E-state index contributed by atoms with van der Waals surface area (Å²) in [5, 5.41) is 10.7. The summed E-state index contributed by atoms with van der Waals surface area (Å²) in [6, 6.07) is 4.82. The quantitative estimate of drug-likeness (QED) is 0.557. The Bertz CT molecular complexity index is 777. The Hall–Kier alpha value is -2.33. The molecule has 0 fully saturated rings. The van der Waals surface area contributed by atoms with Gasteiger partial charge in [-0.05, 0) is 12.1 Å². The average molecular weight is 386 g/mol. The van der Waals surface area contributed by atoms with Gasteiger partial charge in [0.1, 0.15) is 6.61 Å². The number of hydrogen-bond acceptors (Lipinski definition) is 5. The molecule has 140 valence electrons. The van der Waals surface area contributed by atoms with Crippen LogP contribution in [0.15, 0.2) is 42.1 Å². The van der Waals surface area contributed by atoms with Gasteiger partial charge < -0.3 is 14.6 Å². The molecule has 1 N–H and O–H groups in total. The number of allylic oxidation sites excluding steroid dienone is 1. The van der Waals surface area contributed by atoms with Crippen LogP contribution in [0.3, 0.4) is 0 Å². The number of carbonyl (C=O) groups is 1. The van der Waals surface area contributed by atoms with Crippen LogP contribution in [0.2, 0.25) is 0 Å². The molecule has 1 heterocycles. The first-order valence-electron chi connectivity index (χ1n) is 7.47. The lowest BCUT2D eigenvalue weighted by molar-refractivity contribution is -0.137. The van der Waals surface area contributed by atoms with Gasteiger partial charge in [0.15, 0.2) is 11.0 Å². The fourth-order valence-corrected chi connectivity index (χ4v) is 2.90. The molecule has 0 saturated carbocycles. The van der Waals surface area contributed by atoms with E-state index in [-0.39, 0.29) is 18.0 Å². The van der Waals surface area contributed by atoms with Gasteiger partial charge in [0.2, 0.25) is 5.91 Å². The number of anilines is 1. The van der Waals surface area contributed by atoms with E-state index >= 15 is 0 Å². The minimum Gasteiger partial charge on any atom is -0.377 e. The fourth-order valence-electron chi connectivity index (χ4n) is 2.13. The topological polar surface area (TPSA) is 69.0 Å². The van der Waals surface area contributed by atoms with Crippen LogP contribution in [-0.2, 0) is 28.9 Å². The predicted molar refractivity (Wildman–Crippen MR) is 91.7 cm³/mol. The maximum absolute atomic E-state index is 13.0. The number of nitrogens with zero attached hydrogens (tertiary/aromatic N) is 3. The van der Waals surface area contributed by atoms with E-state index in [1.54, 1.807) is 10.6 Å². The number of para-hydroxylation sites is 1. The van der Waals surface area contributed by atoms with E-state index in [1.807, 2.05) is 0 Å². The molecule has 0 spiro atoms. The maximum Gasteiger partial charge on any atom is 0.418 e. The molecule has 1 aromatic heterocycles. The molecule has 1 amide bonds. The number of halogens is 3. The van der Waals surface area contributed by atoms with E-state index < -0.39 is 17.6 Å². The summed E-state index contributed by atoms with van der Waals surface area (Å²) in [5.74, 6) is -0.125. The number of ether oxygens (including phenoxy) is 1.